The number of nitrogens with one attached hydrogen (secondary N) is 2. The maximum Gasteiger partial charge on any atom is 0.326 e. The normalized spacial score (nSPS) is 12.0. The van der Waals surface area contributed by atoms with Gasteiger partial charge >= 0.3 is 5.97 Å². The molecule has 0 fully saturated rings. The molecule has 0 radical (unpaired) electrons. The van der Waals surface area contributed by atoms with E-state index in [-0.39, 0.29) is 24.8 Å². The van der Waals surface area contributed by atoms with E-state index in [1.165, 1.54) is 0 Å². The Kier molecular flexibility index (Phi) is 6.72. The summed E-state index contributed by atoms with van der Waals surface area (Å²) in [5.41, 5.74) is 0.852. The Morgan fingerprint density at radius 3 is 2.35 bits per heavy atom. The van der Waals surface area contributed by atoms with Gasteiger partial charge in [-0.15, -0.1) is 0 Å². The van der Waals surface area contributed by atoms with Crippen LogP contribution in [0.4, 0.5) is 0 Å². The molecule has 3 N–H and O–H groups in total. The number of benzene rings is 2. The maximum absolute atomic E-state index is 12.0. The fraction of sp³-hybridized carbons (Fsp3) is 0.350. The number of hydrogen-bond acceptors (Lipinski definition) is 3. The lowest BCUT2D eigenvalue weighted by molar-refractivity contribution is -0.142. The van der Waals surface area contributed by atoms with Crippen LogP contribution in [0.25, 0.3) is 10.8 Å². The third-order valence-corrected chi connectivity index (χ3v) is 3.97. The van der Waals surface area contributed by atoms with Gasteiger partial charge in [0.05, 0.1) is 13.0 Å². The quantitative estimate of drug-likeness (QED) is 0.675. The molecule has 26 heavy (non-hydrogen) atoms. The number of aliphatic carboxylic acids is 1. The molecule has 0 heterocycles. The van der Waals surface area contributed by atoms with E-state index in [1.54, 1.807) is 0 Å². The third kappa shape index (κ3) is 5.88. The molecular formula is C20H24N2O4. The molecule has 0 saturated heterocycles. The molecule has 0 aliphatic rings. The summed E-state index contributed by atoms with van der Waals surface area (Å²) >= 11 is 0. The summed E-state index contributed by atoms with van der Waals surface area (Å²) in [6.45, 7) is 3.52. The summed E-state index contributed by atoms with van der Waals surface area (Å²) < 4.78 is 0. The van der Waals surface area contributed by atoms with E-state index >= 15 is 0 Å². The summed E-state index contributed by atoms with van der Waals surface area (Å²) in [4.78, 5) is 35.1. The van der Waals surface area contributed by atoms with Crippen molar-refractivity contribution in [1.29, 1.82) is 0 Å². The molecule has 0 bridgehead atoms. The molecule has 0 spiro atoms. The van der Waals surface area contributed by atoms with Crippen LogP contribution in [-0.2, 0) is 20.8 Å². The molecule has 2 aromatic carbocycles. The van der Waals surface area contributed by atoms with E-state index in [9.17, 15) is 14.4 Å². The first-order chi connectivity index (χ1) is 12.3. The van der Waals surface area contributed by atoms with Crippen LogP contribution in [0.5, 0.6) is 0 Å². The third-order valence-electron chi connectivity index (χ3n) is 3.97. The second kappa shape index (κ2) is 8.99. The minimum Gasteiger partial charge on any atom is -0.480 e. The van der Waals surface area contributed by atoms with Gasteiger partial charge in [-0.2, -0.15) is 0 Å². The summed E-state index contributed by atoms with van der Waals surface area (Å²) in [7, 11) is 0. The van der Waals surface area contributed by atoms with E-state index in [0.717, 1.165) is 16.3 Å². The van der Waals surface area contributed by atoms with Crippen molar-refractivity contribution in [2.75, 3.05) is 6.54 Å². The van der Waals surface area contributed by atoms with E-state index in [4.69, 9.17) is 5.11 Å². The Morgan fingerprint density at radius 1 is 1.00 bits per heavy atom. The van der Waals surface area contributed by atoms with Gasteiger partial charge in [0.2, 0.25) is 11.8 Å². The Bertz CT molecular complexity index is 801. The molecule has 2 aromatic rings. The summed E-state index contributed by atoms with van der Waals surface area (Å²) in [5.74, 6) is -1.73. The second-order valence-electron chi connectivity index (χ2n) is 6.72. The molecule has 2 amide bonds. The van der Waals surface area contributed by atoms with Gasteiger partial charge in [0.15, 0.2) is 0 Å². The molecule has 0 aliphatic carbocycles. The summed E-state index contributed by atoms with van der Waals surface area (Å²) in [6.07, 6.45) is 0.499. The summed E-state index contributed by atoms with van der Waals surface area (Å²) in [6, 6.07) is 12.7. The van der Waals surface area contributed by atoms with Crippen LogP contribution in [0.1, 0.15) is 25.8 Å². The Balaban J connectivity index is 1.85. The minimum atomic E-state index is -1.07. The van der Waals surface area contributed by atoms with Crippen molar-refractivity contribution in [3.05, 3.63) is 48.0 Å². The fourth-order valence-corrected chi connectivity index (χ4v) is 2.71. The van der Waals surface area contributed by atoms with Crippen LogP contribution in [-0.4, -0.2) is 35.5 Å². The minimum absolute atomic E-state index is 0.138. The first kappa shape index (κ1) is 19.4. The molecule has 0 saturated carbocycles. The number of carboxylic acid groups (broad SMARTS) is 1. The highest BCUT2D eigenvalue weighted by Gasteiger charge is 2.21. The van der Waals surface area contributed by atoms with Crippen molar-refractivity contribution in [2.45, 2.75) is 32.7 Å². The van der Waals surface area contributed by atoms with Crippen LogP contribution in [0.15, 0.2) is 42.5 Å². The monoisotopic (exact) mass is 356 g/mol. The largest absolute Gasteiger partial charge is 0.480 e. The van der Waals surface area contributed by atoms with Crippen LogP contribution in [0.2, 0.25) is 0 Å². The molecule has 6 heteroatoms. The van der Waals surface area contributed by atoms with Gasteiger partial charge in [0.1, 0.15) is 6.04 Å². The molecule has 0 aromatic heterocycles. The lowest BCUT2D eigenvalue weighted by Crippen LogP contribution is -2.46. The number of rotatable bonds is 8. The molecule has 0 unspecified atom stereocenters. The highest BCUT2D eigenvalue weighted by atomic mass is 16.4. The maximum atomic E-state index is 12.0. The number of carbonyl (C=O) groups is 3. The Morgan fingerprint density at radius 2 is 1.69 bits per heavy atom. The van der Waals surface area contributed by atoms with Crippen LogP contribution < -0.4 is 10.6 Å². The zero-order valence-electron chi connectivity index (χ0n) is 15.0. The molecule has 1 atom stereocenters. The van der Waals surface area contributed by atoms with Gasteiger partial charge in [-0.3, -0.25) is 9.59 Å². The van der Waals surface area contributed by atoms with Crippen molar-refractivity contribution in [1.82, 2.24) is 10.6 Å². The van der Waals surface area contributed by atoms with Gasteiger partial charge in [-0.1, -0.05) is 56.3 Å². The fourth-order valence-electron chi connectivity index (χ4n) is 2.71. The molecule has 2 rings (SSSR count). The number of carbonyl (C=O) groups excluding carboxylic acids is 2. The lowest BCUT2D eigenvalue weighted by atomic mass is 10.0. The van der Waals surface area contributed by atoms with E-state index in [1.807, 2.05) is 56.3 Å². The predicted molar refractivity (Wildman–Crippen MR) is 99.7 cm³/mol. The highest BCUT2D eigenvalue weighted by molar-refractivity contribution is 5.89. The average molecular weight is 356 g/mol. The van der Waals surface area contributed by atoms with Crippen LogP contribution in [0, 0.1) is 5.92 Å². The van der Waals surface area contributed by atoms with Crippen molar-refractivity contribution >= 4 is 28.6 Å². The number of amides is 2. The first-order valence-corrected chi connectivity index (χ1v) is 8.61. The molecular weight excluding hydrogens is 332 g/mol. The van der Waals surface area contributed by atoms with Gasteiger partial charge in [0.25, 0.3) is 0 Å². The van der Waals surface area contributed by atoms with E-state index < -0.39 is 17.9 Å². The smallest absolute Gasteiger partial charge is 0.326 e. The van der Waals surface area contributed by atoms with E-state index in [0.29, 0.717) is 6.42 Å². The number of hydrogen-bond donors (Lipinski definition) is 3. The lowest BCUT2D eigenvalue weighted by Gasteiger charge is -2.16. The molecule has 0 aliphatic heterocycles. The SMILES string of the molecule is CC(C)C[C@H](NC(=O)CNC(=O)Cc1ccc2ccccc2c1)C(=O)O. The molecule has 138 valence electrons. The predicted octanol–water partition coefficient (Wildman–Crippen LogP) is 2.11. The highest BCUT2D eigenvalue weighted by Crippen LogP contribution is 2.15. The molecule has 6 nitrogen and oxygen atoms in total. The van der Waals surface area contributed by atoms with E-state index in [2.05, 4.69) is 10.6 Å². The van der Waals surface area contributed by atoms with Crippen molar-refractivity contribution in [3.8, 4) is 0 Å². The standard InChI is InChI=1S/C20H24N2O4/c1-13(2)9-17(20(25)26)22-19(24)12-21-18(23)11-14-7-8-15-5-3-4-6-16(15)10-14/h3-8,10,13,17H,9,11-12H2,1-2H3,(H,21,23)(H,22,24)(H,25,26)/t17-/m0/s1. The van der Waals surface area contributed by atoms with Crippen molar-refractivity contribution < 1.29 is 19.5 Å². The van der Waals surface area contributed by atoms with Crippen LogP contribution >= 0.6 is 0 Å². The summed E-state index contributed by atoms with van der Waals surface area (Å²) in [5, 5.41) is 16.2. The Labute approximate surface area is 152 Å². The first-order valence-electron chi connectivity index (χ1n) is 8.61. The van der Waals surface area contributed by atoms with Gasteiger partial charge in [0, 0.05) is 0 Å². The zero-order chi connectivity index (χ0) is 19.1. The Hall–Kier alpha value is -2.89. The second-order valence-corrected chi connectivity index (χ2v) is 6.72. The van der Waals surface area contributed by atoms with Gasteiger partial charge < -0.3 is 15.7 Å². The number of fused-ring (bicyclic) bond motifs is 1. The van der Waals surface area contributed by atoms with Crippen LogP contribution in [0.3, 0.4) is 0 Å². The van der Waals surface area contributed by atoms with Gasteiger partial charge in [-0.25, -0.2) is 4.79 Å². The van der Waals surface area contributed by atoms with Gasteiger partial charge in [-0.05, 0) is 28.7 Å². The van der Waals surface area contributed by atoms with Crippen molar-refractivity contribution in [3.63, 3.8) is 0 Å². The average Bonchev–Trinajstić information content (AvgIpc) is 2.59. The zero-order valence-corrected chi connectivity index (χ0v) is 15.0. The number of carboxylic acids is 1. The van der Waals surface area contributed by atoms with Crippen molar-refractivity contribution in [2.24, 2.45) is 5.92 Å². The topological polar surface area (TPSA) is 95.5 Å².